The molecular formula is C22H16ClN3O4S. The van der Waals surface area contributed by atoms with E-state index in [1.165, 1.54) is 23.0 Å². The molecule has 156 valence electrons. The van der Waals surface area contributed by atoms with E-state index in [9.17, 15) is 14.4 Å². The van der Waals surface area contributed by atoms with Gasteiger partial charge in [-0.3, -0.25) is 14.9 Å². The monoisotopic (exact) mass is 453 g/mol. The molecule has 9 heteroatoms. The number of ether oxygens (including phenoxy) is 1. The fraction of sp³-hybridized carbons (Fsp3) is 0.0909. The van der Waals surface area contributed by atoms with Crippen molar-refractivity contribution >= 4 is 50.7 Å². The number of nitrogens with zero attached hydrogens (tertiary/aromatic N) is 2. The Morgan fingerprint density at radius 3 is 2.52 bits per heavy atom. The van der Waals surface area contributed by atoms with Crippen molar-refractivity contribution in [1.29, 1.82) is 0 Å². The van der Waals surface area contributed by atoms with Crippen LogP contribution >= 0.6 is 22.9 Å². The summed E-state index contributed by atoms with van der Waals surface area (Å²) >= 11 is 7.27. The Balaban J connectivity index is 1.75. The molecule has 31 heavy (non-hydrogen) atoms. The third-order valence-electron chi connectivity index (χ3n) is 4.64. The van der Waals surface area contributed by atoms with Gasteiger partial charge in [0, 0.05) is 34.6 Å². The van der Waals surface area contributed by atoms with Crippen molar-refractivity contribution < 1.29 is 14.3 Å². The highest BCUT2D eigenvalue weighted by molar-refractivity contribution is 7.13. The van der Waals surface area contributed by atoms with Crippen molar-refractivity contribution in [2.24, 2.45) is 7.05 Å². The summed E-state index contributed by atoms with van der Waals surface area (Å²) in [6, 6.07) is 14.0. The Bertz CT molecular complexity index is 1330. The van der Waals surface area contributed by atoms with E-state index in [1.54, 1.807) is 60.1 Å². The molecule has 0 unspecified atom stereocenters. The average molecular weight is 454 g/mol. The zero-order valence-corrected chi connectivity index (χ0v) is 17.9. The van der Waals surface area contributed by atoms with Crippen LogP contribution in [0.4, 0.5) is 5.13 Å². The second-order valence-corrected chi connectivity index (χ2v) is 7.93. The van der Waals surface area contributed by atoms with Crippen LogP contribution in [0.1, 0.15) is 10.5 Å². The molecule has 0 spiro atoms. The number of hydrogen-bond acceptors (Lipinski definition) is 6. The highest BCUT2D eigenvalue weighted by Gasteiger charge is 2.23. The predicted octanol–water partition coefficient (Wildman–Crippen LogP) is 4.11. The summed E-state index contributed by atoms with van der Waals surface area (Å²) in [4.78, 5) is 42.0. The number of pyridine rings is 1. The smallest absolute Gasteiger partial charge is 0.356 e. The summed E-state index contributed by atoms with van der Waals surface area (Å²) in [5, 5.41) is 6.27. The normalized spacial score (nSPS) is 10.8. The minimum Gasteiger partial charge on any atom is -0.451 e. The number of carbonyl (C=O) groups is 2. The standard InChI is InChI=1S/C22H16ClN3O4S/c1-26-19(21(29)30-12-17(27)25-22-24-10-11-31-22)18(13-6-8-14(23)9-7-13)15-4-2-3-5-16(15)20(26)28/h2-11H,12H2,1H3,(H,24,25,27). The number of thiazole rings is 1. The summed E-state index contributed by atoms with van der Waals surface area (Å²) in [7, 11) is 1.50. The molecule has 0 aliphatic carbocycles. The Morgan fingerprint density at radius 1 is 1.13 bits per heavy atom. The zero-order valence-electron chi connectivity index (χ0n) is 16.3. The lowest BCUT2D eigenvalue weighted by Crippen LogP contribution is -2.28. The zero-order chi connectivity index (χ0) is 22.0. The van der Waals surface area contributed by atoms with Gasteiger partial charge >= 0.3 is 5.97 Å². The third-order valence-corrected chi connectivity index (χ3v) is 5.58. The number of carbonyl (C=O) groups excluding carboxylic acids is 2. The lowest BCUT2D eigenvalue weighted by molar-refractivity contribution is -0.119. The van der Waals surface area contributed by atoms with Crippen molar-refractivity contribution in [1.82, 2.24) is 9.55 Å². The van der Waals surface area contributed by atoms with Gasteiger partial charge in [0.1, 0.15) is 5.69 Å². The maximum Gasteiger partial charge on any atom is 0.356 e. The Labute approximate surface area is 185 Å². The first-order valence-corrected chi connectivity index (χ1v) is 10.5. The first kappa shape index (κ1) is 20.8. The van der Waals surface area contributed by atoms with Crippen LogP contribution in [0.15, 0.2) is 64.9 Å². The Hall–Kier alpha value is -3.49. The van der Waals surface area contributed by atoms with Crippen molar-refractivity contribution in [2.75, 3.05) is 11.9 Å². The lowest BCUT2D eigenvalue weighted by Gasteiger charge is -2.16. The number of anilines is 1. The number of hydrogen-bond donors (Lipinski definition) is 1. The van der Waals surface area contributed by atoms with Gasteiger partial charge in [-0.1, -0.05) is 41.9 Å². The SMILES string of the molecule is Cn1c(C(=O)OCC(=O)Nc2nccs2)c(-c2ccc(Cl)cc2)c2ccccc2c1=O. The van der Waals surface area contributed by atoms with Crippen LogP contribution in [0.2, 0.25) is 5.02 Å². The lowest BCUT2D eigenvalue weighted by atomic mass is 9.97. The summed E-state index contributed by atoms with van der Waals surface area (Å²) in [6.07, 6.45) is 1.55. The van der Waals surface area contributed by atoms with Gasteiger partial charge < -0.3 is 9.30 Å². The van der Waals surface area contributed by atoms with Crippen LogP contribution in [0.3, 0.4) is 0 Å². The van der Waals surface area contributed by atoms with Crippen molar-refractivity contribution in [2.45, 2.75) is 0 Å². The van der Waals surface area contributed by atoms with Crippen molar-refractivity contribution in [3.8, 4) is 11.1 Å². The fourth-order valence-corrected chi connectivity index (χ4v) is 3.92. The first-order valence-electron chi connectivity index (χ1n) is 9.20. The van der Waals surface area contributed by atoms with Gasteiger partial charge in [0.2, 0.25) is 0 Å². The van der Waals surface area contributed by atoms with Gasteiger partial charge in [0.05, 0.1) is 0 Å². The second kappa shape index (κ2) is 8.71. The van der Waals surface area contributed by atoms with Crippen LogP contribution in [0.5, 0.6) is 0 Å². The number of esters is 1. The second-order valence-electron chi connectivity index (χ2n) is 6.60. The van der Waals surface area contributed by atoms with Gasteiger partial charge in [-0.05, 0) is 29.1 Å². The largest absolute Gasteiger partial charge is 0.451 e. The molecule has 4 aromatic rings. The Kier molecular flexibility index (Phi) is 5.83. The van der Waals surface area contributed by atoms with E-state index in [4.69, 9.17) is 16.3 Å². The molecule has 1 N–H and O–H groups in total. The number of aromatic nitrogens is 2. The highest BCUT2D eigenvalue weighted by atomic mass is 35.5. The molecule has 0 fully saturated rings. The van der Waals surface area contributed by atoms with E-state index in [2.05, 4.69) is 10.3 Å². The number of fused-ring (bicyclic) bond motifs is 1. The number of rotatable bonds is 5. The molecule has 0 saturated carbocycles. The average Bonchev–Trinajstić information content (AvgIpc) is 3.28. The maximum absolute atomic E-state index is 13.0. The summed E-state index contributed by atoms with van der Waals surface area (Å²) in [5.74, 6) is -1.31. The van der Waals surface area contributed by atoms with Crippen LogP contribution in [-0.2, 0) is 16.6 Å². The molecule has 0 saturated heterocycles. The number of benzene rings is 2. The highest BCUT2D eigenvalue weighted by Crippen LogP contribution is 2.31. The molecule has 1 amide bonds. The minimum atomic E-state index is -0.787. The molecule has 0 atom stereocenters. The van der Waals surface area contributed by atoms with Gasteiger partial charge in [0.15, 0.2) is 11.7 Å². The van der Waals surface area contributed by atoms with Crippen molar-refractivity contribution in [3.05, 3.63) is 81.2 Å². The molecule has 0 aliphatic rings. The summed E-state index contributed by atoms with van der Waals surface area (Å²) in [5.41, 5.74) is 0.927. The predicted molar refractivity (Wildman–Crippen MR) is 121 cm³/mol. The minimum absolute atomic E-state index is 0.0491. The van der Waals surface area contributed by atoms with Gasteiger partial charge in [-0.15, -0.1) is 11.3 Å². The molecule has 2 aromatic carbocycles. The molecular weight excluding hydrogens is 438 g/mol. The van der Waals surface area contributed by atoms with Gasteiger partial charge in [-0.2, -0.15) is 0 Å². The first-order chi connectivity index (χ1) is 15.0. The molecule has 7 nitrogen and oxygen atoms in total. The topological polar surface area (TPSA) is 90.3 Å². The van der Waals surface area contributed by atoms with Crippen LogP contribution in [0.25, 0.3) is 21.9 Å². The van der Waals surface area contributed by atoms with Crippen molar-refractivity contribution in [3.63, 3.8) is 0 Å². The van der Waals surface area contributed by atoms with E-state index < -0.39 is 18.5 Å². The van der Waals surface area contributed by atoms with E-state index >= 15 is 0 Å². The van der Waals surface area contributed by atoms with Gasteiger partial charge in [0.25, 0.3) is 11.5 Å². The molecule has 2 aromatic heterocycles. The van der Waals surface area contributed by atoms with Crippen LogP contribution < -0.4 is 10.9 Å². The van der Waals surface area contributed by atoms with E-state index in [1.807, 2.05) is 0 Å². The Morgan fingerprint density at radius 2 is 1.84 bits per heavy atom. The summed E-state index contributed by atoms with van der Waals surface area (Å²) in [6.45, 7) is -0.514. The van der Waals surface area contributed by atoms with E-state index in [0.717, 1.165) is 0 Å². The molecule has 0 bridgehead atoms. The van der Waals surface area contributed by atoms with E-state index in [-0.39, 0.29) is 11.3 Å². The molecule has 2 heterocycles. The molecule has 0 aliphatic heterocycles. The third kappa shape index (κ3) is 4.21. The number of nitrogens with one attached hydrogen (secondary N) is 1. The quantitative estimate of drug-likeness (QED) is 0.459. The number of amides is 1. The van der Waals surface area contributed by atoms with Crippen LogP contribution in [0, 0.1) is 0 Å². The maximum atomic E-state index is 13.0. The molecule has 0 radical (unpaired) electrons. The van der Waals surface area contributed by atoms with E-state index in [0.29, 0.717) is 32.1 Å². The number of halogens is 1. The summed E-state index contributed by atoms with van der Waals surface area (Å²) < 4.78 is 6.49. The fourth-order valence-electron chi connectivity index (χ4n) is 3.25. The molecule has 4 rings (SSSR count). The van der Waals surface area contributed by atoms with Gasteiger partial charge in [-0.25, -0.2) is 9.78 Å². The van der Waals surface area contributed by atoms with Crippen LogP contribution in [-0.4, -0.2) is 28.0 Å².